The van der Waals surface area contributed by atoms with Gasteiger partial charge in [0, 0.05) is 12.5 Å². The van der Waals surface area contributed by atoms with Crippen molar-refractivity contribution in [3.8, 4) is 0 Å². The van der Waals surface area contributed by atoms with Crippen molar-refractivity contribution >= 4 is 0 Å². The minimum Gasteiger partial charge on any atom is -0.396 e. The monoisotopic (exact) mass is 156 g/mol. The van der Waals surface area contributed by atoms with Gasteiger partial charge in [0.2, 0.25) is 0 Å². The molecule has 1 rings (SSSR count). The fourth-order valence-corrected chi connectivity index (χ4v) is 1.54. The molecular formula is C9H16O2. The van der Waals surface area contributed by atoms with Crippen molar-refractivity contribution in [1.82, 2.24) is 0 Å². The van der Waals surface area contributed by atoms with Crippen LogP contribution in [0.1, 0.15) is 13.3 Å². The van der Waals surface area contributed by atoms with E-state index in [1.165, 1.54) is 0 Å². The number of aliphatic hydroxyl groups excluding tert-OH is 1. The second-order valence-electron chi connectivity index (χ2n) is 3.00. The minimum absolute atomic E-state index is 0.280. The Kier molecular flexibility index (Phi) is 3.60. The Morgan fingerprint density at radius 3 is 3.00 bits per heavy atom. The fraction of sp³-hybridized carbons (Fsp3) is 0.778. The summed E-state index contributed by atoms with van der Waals surface area (Å²) in [6.07, 6.45) is 5.10. The highest BCUT2D eigenvalue weighted by atomic mass is 16.5. The van der Waals surface area contributed by atoms with E-state index < -0.39 is 0 Å². The lowest BCUT2D eigenvalue weighted by Crippen LogP contribution is -2.11. The summed E-state index contributed by atoms with van der Waals surface area (Å²) in [5, 5.41) is 8.73. The second-order valence-corrected chi connectivity index (χ2v) is 3.00. The zero-order chi connectivity index (χ0) is 8.10. The Bertz CT molecular complexity index is 132. The predicted molar refractivity (Wildman–Crippen MR) is 44.3 cm³/mol. The third kappa shape index (κ3) is 2.31. The summed E-state index contributed by atoms with van der Waals surface area (Å²) in [6.45, 7) is 3.95. The van der Waals surface area contributed by atoms with Crippen LogP contribution in [-0.2, 0) is 4.74 Å². The highest BCUT2D eigenvalue weighted by Crippen LogP contribution is 2.24. The van der Waals surface area contributed by atoms with Crippen molar-refractivity contribution in [2.24, 2.45) is 11.8 Å². The normalized spacial score (nSPS) is 31.8. The zero-order valence-corrected chi connectivity index (χ0v) is 6.99. The van der Waals surface area contributed by atoms with E-state index in [0.717, 1.165) is 19.6 Å². The smallest absolute Gasteiger partial charge is 0.0532 e. The molecule has 1 N–H and O–H groups in total. The van der Waals surface area contributed by atoms with E-state index >= 15 is 0 Å². The van der Waals surface area contributed by atoms with Gasteiger partial charge in [-0.15, -0.1) is 0 Å². The Hall–Kier alpha value is -0.340. The zero-order valence-electron chi connectivity index (χ0n) is 6.99. The van der Waals surface area contributed by atoms with Gasteiger partial charge in [0.1, 0.15) is 0 Å². The fourth-order valence-electron chi connectivity index (χ4n) is 1.54. The molecular weight excluding hydrogens is 140 g/mol. The van der Waals surface area contributed by atoms with E-state index in [1.54, 1.807) is 0 Å². The van der Waals surface area contributed by atoms with Gasteiger partial charge in [-0.1, -0.05) is 12.2 Å². The molecule has 1 fully saturated rings. The molecule has 1 saturated heterocycles. The molecule has 2 atom stereocenters. The van der Waals surface area contributed by atoms with E-state index in [1.807, 2.05) is 6.92 Å². The Labute approximate surface area is 67.9 Å². The van der Waals surface area contributed by atoms with E-state index in [2.05, 4.69) is 12.2 Å². The molecule has 2 unspecified atom stereocenters. The van der Waals surface area contributed by atoms with Gasteiger partial charge in [0.05, 0.1) is 13.2 Å². The first-order valence-electron chi connectivity index (χ1n) is 4.20. The van der Waals surface area contributed by atoms with Gasteiger partial charge in [0.25, 0.3) is 0 Å². The van der Waals surface area contributed by atoms with Gasteiger partial charge in [-0.25, -0.2) is 0 Å². The first-order valence-corrected chi connectivity index (χ1v) is 4.20. The average molecular weight is 156 g/mol. The molecule has 2 nitrogen and oxygen atoms in total. The number of rotatable bonds is 3. The summed E-state index contributed by atoms with van der Waals surface area (Å²) >= 11 is 0. The van der Waals surface area contributed by atoms with Crippen LogP contribution in [0.4, 0.5) is 0 Å². The quantitative estimate of drug-likeness (QED) is 0.622. The maximum Gasteiger partial charge on any atom is 0.0532 e. The lowest BCUT2D eigenvalue weighted by atomic mass is 9.93. The van der Waals surface area contributed by atoms with Gasteiger partial charge in [-0.3, -0.25) is 0 Å². The summed E-state index contributed by atoms with van der Waals surface area (Å²) in [6, 6.07) is 0. The van der Waals surface area contributed by atoms with Crippen molar-refractivity contribution in [2.45, 2.75) is 13.3 Å². The van der Waals surface area contributed by atoms with Crippen molar-refractivity contribution in [2.75, 3.05) is 19.8 Å². The topological polar surface area (TPSA) is 29.5 Å². The molecule has 0 amide bonds. The van der Waals surface area contributed by atoms with Gasteiger partial charge in [-0.2, -0.15) is 0 Å². The number of hydrogen-bond acceptors (Lipinski definition) is 2. The third-order valence-electron chi connectivity index (χ3n) is 2.19. The molecule has 0 aliphatic carbocycles. The Balaban J connectivity index is 2.37. The van der Waals surface area contributed by atoms with E-state index in [4.69, 9.17) is 9.84 Å². The largest absolute Gasteiger partial charge is 0.396 e. The van der Waals surface area contributed by atoms with Crippen LogP contribution in [0.15, 0.2) is 12.2 Å². The molecule has 11 heavy (non-hydrogen) atoms. The maximum absolute atomic E-state index is 8.73. The number of aliphatic hydroxyl groups is 1. The van der Waals surface area contributed by atoms with E-state index in [9.17, 15) is 0 Å². The molecule has 2 heteroatoms. The lowest BCUT2D eigenvalue weighted by molar-refractivity contribution is 0.175. The second kappa shape index (κ2) is 4.52. The number of allylic oxidation sites excluding steroid dienone is 1. The van der Waals surface area contributed by atoms with Crippen LogP contribution in [-0.4, -0.2) is 24.9 Å². The van der Waals surface area contributed by atoms with Gasteiger partial charge in [-0.05, 0) is 19.3 Å². The third-order valence-corrected chi connectivity index (χ3v) is 2.19. The van der Waals surface area contributed by atoms with E-state index in [0.29, 0.717) is 11.8 Å². The minimum atomic E-state index is 0.280. The summed E-state index contributed by atoms with van der Waals surface area (Å²) in [4.78, 5) is 0. The molecule has 0 aromatic rings. The predicted octanol–water partition coefficient (Wildman–Crippen LogP) is 1.21. The molecule has 0 radical (unpaired) electrons. The molecule has 1 heterocycles. The molecule has 1 aliphatic rings. The summed E-state index contributed by atoms with van der Waals surface area (Å²) < 4.78 is 5.31. The molecule has 0 aromatic heterocycles. The lowest BCUT2D eigenvalue weighted by Gasteiger charge is -2.11. The molecule has 0 bridgehead atoms. The van der Waals surface area contributed by atoms with Crippen LogP contribution in [0, 0.1) is 11.8 Å². The highest BCUT2D eigenvalue weighted by Gasteiger charge is 2.24. The summed E-state index contributed by atoms with van der Waals surface area (Å²) in [5.41, 5.74) is 0. The molecule has 0 saturated carbocycles. The van der Waals surface area contributed by atoms with Crippen LogP contribution in [0.25, 0.3) is 0 Å². The molecule has 1 aliphatic heterocycles. The number of hydrogen-bond donors (Lipinski definition) is 1. The highest BCUT2D eigenvalue weighted by molar-refractivity contribution is 4.92. The van der Waals surface area contributed by atoms with Gasteiger partial charge < -0.3 is 9.84 Å². The van der Waals surface area contributed by atoms with Crippen molar-refractivity contribution in [3.63, 3.8) is 0 Å². The molecule has 64 valence electrons. The maximum atomic E-state index is 8.73. The van der Waals surface area contributed by atoms with Crippen LogP contribution in [0.3, 0.4) is 0 Å². The van der Waals surface area contributed by atoms with Crippen molar-refractivity contribution < 1.29 is 9.84 Å². The average Bonchev–Trinajstić information content (AvgIpc) is 2.39. The van der Waals surface area contributed by atoms with Crippen LogP contribution >= 0.6 is 0 Å². The van der Waals surface area contributed by atoms with Gasteiger partial charge in [0.15, 0.2) is 0 Å². The summed E-state index contributed by atoms with van der Waals surface area (Å²) in [5.74, 6) is 1.07. The van der Waals surface area contributed by atoms with Crippen molar-refractivity contribution in [3.05, 3.63) is 12.2 Å². The van der Waals surface area contributed by atoms with Crippen LogP contribution < -0.4 is 0 Å². The molecule has 0 spiro atoms. The SMILES string of the molecule is CC=CC1COCC1CCO. The summed E-state index contributed by atoms with van der Waals surface area (Å²) in [7, 11) is 0. The molecule has 0 aromatic carbocycles. The Morgan fingerprint density at radius 2 is 2.36 bits per heavy atom. The Morgan fingerprint density at radius 1 is 1.55 bits per heavy atom. The number of ether oxygens (including phenoxy) is 1. The first-order chi connectivity index (χ1) is 5.38. The van der Waals surface area contributed by atoms with Crippen LogP contribution in [0.5, 0.6) is 0 Å². The van der Waals surface area contributed by atoms with Crippen molar-refractivity contribution in [1.29, 1.82) is 0 Å². The van der Waals surface area contributed by atoms with E-state index in [-0.39, 0.29) is 6.61 Å². The standard InChI is InChI=1S/C9H16O2/c1-2-3-8-6-11-7-9(8)4-5-10/h2-3,8-10H,4-7H2,1H3. The van der Waals surface area contributed by atoms with Crippen LogP contribution in [0.2, 0.25) is 0 Å². The van der Waals surface area contributed by atoms with Gasteiger partial charge >= 0.3 is 0 Å². The first kappa shape index (κ1) is 8.75.